The van der Waals surface area contributed by atoms with Gasteiger partial charge in [0.25, 0.3) is 6.43 Å². The molecule has 0 fully saturated rings. The molecule has 0 aliphatic rings. The summed E-state index contributed by atoms with van der Waals surface area (Å²) in [5.74, 6) is 0.881. The second-order valence-corrected chi connectivity index (χ2v) is 3.31. The Hall–Kier alpha value is -1.56. The van der Waals surface area contributed by atoms with E-state index in [1.165, 1.54) is 33.5 Å². The molecule has 0 aliphatic carbocycles. The summed E-state index contributed by atoms with van der Waals surface area (Å²) >= 11 is 0. The third-order valence-corrected chi connectivity index (χ3v) is 2.36. The number of nitrogens with two attached hydrogens (primary N) is 1. The number of ether oxygens (including phenoxy) is 3. The lowest BCUT2D eigenvalue weighted by atomic mass is 10.0. The Morgan fingerprint density at radius 2 is 1.47 bits per heavy atom. The molecule has 0 saturated heterocycles. The van der Waals surface area contributed by atoms with Crippen LogP contribution >= 0.6 is 0 Å². The third-order valence-electron chi connectivity index (χ3n) is 2.36. The van der Waals surface area contributed by atoms with Gasteiger partial charge in [-0.2, -0.15) is 0 Å². The van der Waals surface area contributed by atoms with Gasteiger partial charge in [-0.15, -0.1) is 0 Å². The monoisotopic (exact) mass is 247 g/mol. The highest BCUT2D eigenvalue weighted by molar-refractivity contribution is 5.52. The Morgan fingerprint density at radius 1 is 1.00 bits per heavy atom. The van der Waals surface area contributed by atoms with Gasteiger partial charge in [-0.3, -0.25) is 0 Å². The Bertz CT molecular complexity index is 360. The van der Waals surface area contributed by atoms with Crippen LogP contribution in [0.25, 0.3) is 0 Å². The fourth-order valence-electron chi connectivity index (χ4n) is 1.49. The molecule has 1 atom stereocenters. The smallest absolute Gasteiger partial charge is 0.257 e. The second-order valence-electron chi connectivity index (χ2n) is 3.31. The van der Waals surface area contributed by atoms with Gasteiger partial charge in [0.05, 0.1) is 32.9 Å². The molecule has 1 aromatic rings. The van der Waals surface area contributed by atoms with E-state index in [4.69, 9.17) is 19.9 Å². The van der Waals surface area contributed by atoms with Crippen molar-refractivity contribution in [1.29, 1.82) is 0 Å². The molecule has 2 N–H and O–H groups in total. The van der Waals surface area contributed by atoms with Crippen molar-refractivity contribution in [2.45, 2.75) is 12.5 Å². The summed E-state index contributed by atoms with van der Waals surface area (Å²) in [4.78, 5) is 0. The predicted octanol–water partition coefficient (Wildman–Crippen LogP) is 1.98. The van der Waals surface area contributed by atoms with Crippen LogP contribution in [0.3, 0.4) is 0 Å². The van der Waals surface area contributed by atoms with Gasteiger partial charge in [-0.1, -0.05) is 0 Å². The fraction of sp³-hybridized carbons (Fsp3) is 0.455. The van der Waals surface area contributed by atoms with Crippen molar-refractivity contribution in [3.8, 4) is 17.2 Å². The van der Waals surface area contributed by atoms with E-state index in [-0.39, 0.29) is 17.1 Å². The summed E-state index contributed by atoms with van der Waals surface area (Å²) in [6, 6.07) is 1.51. The lowest BCUT2D eigenvalue weighted by Crippen LogP contribution is -2.20. The standard InChI is InChI=1S/C11H15F2NO3/c1-15-6-4-7(16-2)9(8(5-6)17-3)10(14)11(12)13/h4-5,10-11H,14H2,1-3H3/t10-/m1/s1. The maximum Gasteiger partial charge on any atom is 0.257 e. The van der Waals surface area contributed by atoms with Crippen molar-refractivity contribution in [2.75, 3.05) is 21.3 Å². The number of halogens is 2. The summed E-state index contributed by atoms with van der Waals surface area (Å²) in [6.07, 6.45) is -2.70. The van der Waals surface area contributed by atoms with Gasteiger partial charge in [0.1, 0.15) is 17.2 Å². The van der Waals surface area contributed by atoms with Crippen LogP contribution in [0.2, 0.25) is 0 Å². The first-order chi connectivity index (χ1) is 8.04. The van der Waals surface area contributed by atoms with Crippen molar-refractivity contribution in [2.24, 2.45) is 5.73 Å². The number of hydrogen-bond acceptors (Lipinski definition) is 4. The van der Waals surface area contributed by atoms with Crippen molar-refractivity contribution in [1.82, 2.24) is 0 Å². The molecule has 0 radical (unpaired) electrons. The summed E-state index contributed by atoms with van der Waals surface area (Å²) in [7, 11) is 4.20. The number of alkyl halides is 2. The molecular formula is C11H15F2NO3. The minimum absolute atomic E-state index is 0.130. The van der Waals surface area contributed by atoms with E-state index in [0.717, 1.165) is 0 Å². The van der Waals surface area contributed by atoms with Crippen LogP contribution < -0.4 is 19.9 Å². The SMILES string of the molecule is COc1cc(OC)c([C@@H](N)C(F)F)c(OC)c1. The summed E-state index contributed by atoms with van der Waals surface area (Å²) in [5.41, 5.74) is 5.56. The van der Waals surface area contributed by atoms with E-state index in [9.17, 15) is 8.78 Å². The van der Waals surface area contributed by atoms with Crippen LogP contribution in [-0.2, 0) is 0 Å². The summed E-state index contributed by atoms with van der Waals surface area (Å²) < 4.78 is 40.4. The van der Waals surface area contributed by atoms with Gasteiger partial charge >= 0.3 is 0 Å². The third kappa shape index (κ3) is 2.76. The zero-order valence-corrected chi connectivity index (χ0v) is 9.87. The topological polar surface area (TPSA) is 53.7 Å². The Balaban J connectivity index is 3.34. The van der Waals surface area contributed by atoms with Crippen molar-refractivity contribution in [3.63, 3.8) is 0 Å². The van der Waals surface area contributed by atoms with Gasteiger partial charge in [0, 0.05) is 12.1 Å². The van der Waals surface area contributed by atoms with Crippen LogP contribution in [0.5, 0.6) is 17.2 Å². The van der Waals surface area contributed by atoms with Crippen molar-refractivity contribution in [3.05, 3.63) is 17.7 Å². The molecule has 6 heteroatoms. The molecule has 1 aromatic carbocycles. The Morgan fingerprint density at radius 3 is 1.76 bits per heavy atom. The number of hydrogen-bond donors (Lipinski definition) is 1. The molecule has 0 heterocycles. The van der Waals surface area contributed by atoms with Gasteiger partial charge in [0.15, 0.2) is 0 Å². The summed E-state index contributed by atoms with van der Waals surface area (Å²) in [6.45, 7) is 0. The zero-order valence-electron chi connectivity index (χ0n) is 9.87. The first-order valence-electron chi connectivity index (χ1n) is 4.88. The lowest BCUT2D eigenvalue weighted by molar-refractivity contribution is 0.113. The van der Waals surface area contributed by atoms with Crippen LogP contribution in [-0.4, -0.2) is 27.8 Å². The molecule has 0 bridgehead atoms. The molecule has 0 unspecified atom stereocenters. The van der Waals surface area contributed by atoms with E-state index in [1.54, 1.807) is 0 Å². The maximum atomic E-state index is 12.7. The largest absolute Gasteiger partial charge is 0.496 e. The Kier molecular flexibility index (Phi) is 4.51. The predicted molar refractivity (Wildman–Crippen MR) is 59.0 cm³/mol. The Labute approximate surface area is 98.3 Å². The minimum Gasteiger partial charge on any atom is -0.496 e. The molecule has 17 heavy (non-hydrogen) atoms. The van der Waals surface area contributed by atoms with Gasteiger partial charge in [-0.25, -0.2) is 8.78 Å². The van der Waals surface area contributed by atoms with Gasteiger partial charge in [-0.05, 0) is 0 Å². The number of rotatable bonds is 5. The molecule has 0 aromatic heterocycles. The summed E-state index contributed by atoms with van der Waals surface area (Å²) in [5, 5.41) is 0. The number of benzene rings is 1. The maximum absolute atomic E-state index is 12.7. The van der Waals surface area contributed by atoms with E-state index in [0.29, 0.717) is 5.75 Å². The fourth-order valence-corrected chi connectivity index (χ4v) is 1.49. The van der Waals surface area contributed by atoms with E-state index < -0.39 is 12.5 Å². The minimum atomic E-state index is -2.70. The van der Waals surface area contributed by atoms with E-state index in [1.807, 2.05) is 0 Å². The van der Waals surface area contributed by atoms with Crippen LogP contribution in [0, 0.1) is 0 Å². The van der Waals surface area contributed by atoms with Crippen LogP contribution in [0.4, 0.5) is 8.78 Å². The second kappa shape index (κ2) is 5.67. The van der Waals surface area contributed by atoms with E-state index >= 15 is 0 Å². The first-order valence-corrected chi connectivity index (χ1v) is 4.88. The molecule has 0 saturated carbocycles. The molecular weight excluding hydrogens is 232 g/mol. The van der Waals surface area contributed by atoms with Crippen LogP contribution in [0.1, 0.15) is 11.6 Å². The molecule has 1 rings (SSSR count). The van der Waals surface area contributed by atoms with Gasteiger partial charge < -0.3 is 19.9 Å². The van der Waals surface area contributed by atoms with Crippen LogP contribution in [0.15, 0.2) is 12.1 Å². The quantitative estimate of drug-likeness (QED) is 0.864. The molecule has 4 nitrogen and oxygen atoms in total. The highest BCUT2D eigenvalue weighted by Crippen LogP contribution is 2.39. The molecule has 0 aliphatic heterocycles. The average molecular weight is 247 g/mol. The highest BCUT2D eigenvalue weighted by Gasteiger charge is 2.26. The zero-order chi connectivity index (χ0) is 13.0. The highest BCUT2D eigenvalue weighted by atomic mass is 19.3. The van der Waals surface area contributed by atoms with Crippen molar-refractivity contribution >= 4 is 0 Å². The van der Waals surface area contributed by atoms with Gasteiger partial charge in [0.2, 0.25) is 0 Å². The molecule has 0 spiro atoms. The lowest BCUT2D eigenvalue weighted by Gasteiger charge is -2.19. The average Bonchev–Trinajstić information content (AvgIpc) is 2.35. The molecule has 0 amide bonds. The number of methoxy groups -OCH3 is 3. The van der Waals surface area contributed by atoms with E-state index in [2.05, 4.69) is 0 Å². The normalized spacial score (nSPS) is 12.4. The first kappa shape index (κ1) is 13.5. The van der Waals surface area contributed by atoms with Crippen molar-refractivity contribution < 1.29 is 23.0 Å². The molecule has 96 valence electrons.